The molecule has 0 bridgehead atoms. The molecule has 0 aliphatic carbocycles. The minimum Gasteiger partial charge on any atom is -0.504 e. The van der Waals surface area contributed by atoms with Crippen molar-refractivity contribution in [3.8, 4) is 34.1 Å². The van der Waals surface area contributed by atoms with Crippen LogP contribution in [0.5, 0.6) is 23.0 Å². The summed E-state index contributed by atoms with van der Waals surface area (Å²) in [5.74, 6) is 0.875. The van der Waals surface area contributed by atoms with Crippen LogP contribution >= 0.6 is 0 Å². The summed E-state index contributed by atoms with van der Waals surface area (Å²) in [6, 6.07) is 16.1. The normalized spacial score (nSPS) is 11.0. The first-order chi connectivity index (χ1) is 15.1. The fraction of sp³-hybridized carbons (Fsp3) is 0.0870. The number of phenolic OH excluding ortho intramolecular Hbond substituents is 2. The van der Waals surface area contributed by atoms with E-state index in [4.69, 9.17) is 9.47 Å². The third kappa shape index (κ3) is 3.91. The highest BCUT2D eigenvalue weighted by atomic mass is 16.5. The molecular formula is C23H20N4O4. The molecule has 0 fully saturated rings. The molecule has 0 saturated carbocycles. The number of phenols is 2. The van der Waals surface area contributed by atoms with Gasteiger partial charge in [0, 0.05) is 21.9 Å². The van der Waals surface area contributed by atoms with Gasteiger partial charge in [0.1, 0.15) is 0 Å². The molecule has 0 saturated heterocycles. The van der Waals surface area contributed by atoms with Gasteiger partial charge < -0.3 is 19.7 Å². The van der Waals surface area contributed by atoms with Crippen LogP contribution in [-0.4, -0.2) is 40.8 Å². The Bertz CT molecular complexity index is 1270. The van der Waals surface area contributed by atoms with Crippen molar-refractivity contribution in [1.29, 1.82) is 0 Å². The first kappa shape index (κ1) is 20.0. The molecule has 3 N–H and O–H groups in total. The van der Waals surface area contributed by atoms with Gasteiger partial charge in [-0.1, -0.05) is 36.4 Å². The van der Waals surface area contributed by atoms with Gasteiger partial charge in [-0.3, -0.25) is 5.43 Å². The van der Waals surface area contributed by atoms with Crippen LogP contribution in [0.25, 0.3) is 21.9 Å². The molecule has 3 aromatic carbocycles. The Morgan fingerprint density at radius 1 is 0.903 bits per heavy atom. The monoisotopic (exact) mass is 416 g/mol. The molecular weight excluding hydrogens is 396 g/mol. The summed E-state index contributed by atoms with van der Waals surface area (Å²) in [7, 11) is 2.92. The van der Waals surface area contributed by atoms with Crippen LogP contribution in [0.1, 0.15) is 5.56 Å². The molecule has 0 spiro atoms. The lowest BCUT2D eigenvalue weighted by molar-refractivity contribution is 0.371. The average molecular weight is 416 g/mol. The van der Waals surface area contributed by atoms with Crippen molar-refractivity contribution in [3.05, 3.63) is 66.4 Å². The first-order valence-electron chi connectivity index (χ1n) is 9.39. The molecule has 4 aromatic rings. The van der Waals surface area contributed by atoms with Crippen LogP contribution in [0, 0.1) is 0 Å². The lowest BCUT2D eigenvalue weighted by Gasteiger charge is -2.13. The number of ether oxygens (including phenoxy) is 2. The van der Waals surface area contributed by atoms with Gasteiger partial charge in [0.15, 0.2) is 28.8 Å². The summed E-state index contributed by atoms with van der Waals surface area (Å²) in [5, 5.41) is 35.3. The quantitative estimate of drug-likeness (QED) is 0.320. The van der Waals surface area contributed by atoms with E-state index >= 15 is 0 Å². The van der Waals surface area contributed by atoms with Crippen molar-refractivity contribution in [2.24, 2.45) is 5.10 Å². The van der Waals surface area contributed by atoms with Gasteiger partial charge in [-0.2, -0.15) is 10.2 Å². The zero-order valence-electron chi connectivity index (χ0n) is 16.9. The molecule has 0 unspecified atom stereocenters. The van der Waals surface area contributed by atoms with Crippen molar-refractivity contribution in [2.45, 2.75) is 0 Å². The predicted octanol–water partition coefficient (Wildman–Crippen LogP) is 4.17. The highest BCUT2D eigenvalue weighted by molar-refractivity contribution is 5.92. The maximum absolute atomic E-state index is 10.6. The van der Waals surface area contributed by atoms with E-state index < -0.39 is 0 Å². The second-order valence-corrected chi connectivity index (χ2v) is 6.63. The van der Waals surface area contributed by atoms with Gasteiger partial charge >= 0.3 is 0 Å². The Labute approximate surface area is 178 Å². The lowest BCUT2D eigenvalue weighted by Crippen LogP contribution is -1.97. The largest absolute Gasteiger partial charge is 0.504 e. The number of para-hydroxylation sites is 1. The van der Waals surface area contributed by atoms with Gasteiger partial charge in [0.2, 0.25) is 0 Å². The number of methoxy groups -OCH3 is 2. The number of benzene rings is 3. The molecule has 1 heterocycles. The van der Waals surface area contributed by atoms with Crippen LogP contribution in [0.4, 0.5) is 5.82 Å². The zero-order valence-corrected chi connectivity index (χ0v) is 16.9. The fourth-order valence-corrected chi connectivity index (χ4v) is 3.25. The number of hydrogen-bond donors (Lipinski definition) is 3. The molecule has 0 aliphatic rings. The second-order valence-electron chi connectivity index (χ2n) is 6.63. The van der Waals surface area contributed by atoms with Crippen LogP contribution < -0.4 is 14.9 Å². The average Bonchev–Trinajstić information content (AvgIpc) is 2.80. The van der Waals surface area contributed by atoms with Crippen LogP contribution in [-0.2, 0) is 0 Å². The summed E-state index contributed by atoms with van der Waals surface area (Å²) in [4.78, 5) is 0. The SMILES string of the molecule is COc1cccc(-c2cc(/C=N/Nc3nncc4ccccc34)cc(OC)c2O)c1O. The van der Waals surface area contributed by atoms with E-state index in [-0.39, 0.29) is 17.2 Å². The van der Waals surface area contributed by atoms with Crippen molar-refractivity contribution < 1.29 is 19.7 Å². The smallest absolute Gasteiger partial charge is 0.176 e. The topological polar surface area (TPSA) is 109 Å². The van der Waals surface area contributed by atoms with Crippen molar-refractivity contribution in [2.75, 3.05) is 19.6 Å². The van der Waals surface area contributed by atoms with Crippen molar-refractivity contribution in [3.63, 3.8) is 0 Å². The third-order valence-corrected chi connectivity index (χ3v) is 4.78. The van der Waals surface area contributed by atoms with E-state index in [1.807, 2.05) is 24.3 Å². The summed E-state index contributed by atoms with van der Waals surface area (Å²) < 4.78 is 10.5. The number of aromatic hydroxyl groups is 2. The predicted molar refractivity (Wildman–Crippen MR) is 119 cm³/mol. The molecule has 0 atom stereocenters. The number of nitrogens with one attached hydrogen (secondary N) is 1. The Balaban J connectivity index is 1.70. The van der Waals surface area contributed by atoms with E-state index in [2.05, 4.69) is 20.7 Å². The Kier molecular flexibility index (Phi) is 5.53. The van der Waals surface area contributed by atoms with Crippen molar-refractivity contribution >= 4 is 22.8 Å². The molecule has 0 aliphatic heterocycles. The molecule has 8 heteroatoms. The molecule has 0 amide bonds. The number of nitrogens with zero attached hydrogens (tertiary/aromatic N) is 3. The van der Waals surface area contributed by atoms with Gasteiger partial charge in [0.25, 0.3) is 0 Å². The standard InChI is InChI=1S/C23H20N4O4/c1-30-19-9-5-8-17(21(19)28)18-10-14(11-20(31-2)22(18)29)12-24-26-23-16-7-4-3-6-15(16)13-25-27-23/h3-13,28-29H,1-2H3,(H,26,27)/b24-12+. The zero-order chi connectivity index (χ0) is 21.8. The highest BCUT2D eigenvalue weighted by Gasteiger charge is 2.17. The van der Waals surface area contributed by atoms with Gasteiger partial charge in [-0.05, 0) is 23.8 Å². The summed E-state index contributed by atoms with van der Waals surface area (Å²) in [6.07, 6.45) is 3.24. The maximum atomic E-state index is 10.6. The lowest BCUT2D eigenvalue weighted by atomic mass is 10.00. The van der Waals surface area contributed by atoms with Gasteiger partial charge in [-0.15, -0.1) is 5.10 Å². The van der Waals surface area contributed by atoms with E-state index in [0.717, 1.165) is 10.8 Å². The molecule has 31 heavy (non-hydrogen) atoms. The molecule has 0 radical (unpaired) electrons. The van der Waals surface area contributed by atoms with Crippen LogP contribution in [0.2, 0.25) is 0 Å². The summed E-state index contributed by atoms with van der Waals surface area (Å²) in [6.45, 7) is 0. The van der Waals surface area contributed by atoms with Gasteiger partial charge in [-0.25, -0.2) is 0 Å². The first-order valence-corrected chi connectivity index (χ1v) is 9.39. The fourth-order valence-electron chi connectivity index (χ4n) is 3.25. The van der Waals surface area contributed by atoms with E-state index in [1.54, 1.807) is 42.7 Å². The Morgan fingerprint density at radius 3 is 2.48 bits per heavy atom. The maximum Gasteiger partial charge on any atom is 0.176 e. The minimum atomic E-state index is -0.101. The van der Waals surface area contributed by atoms with Crippen LogP contribution in [0.15, 0.2) is 65.9 Å². The second kappa shape index (κ2) is 8.58. The minimum absolute atomic E-state index is 0.0828. The number of rotatable bonds is 6. The highest BCUT2D eigenvalue weighted by Crippen LogP contribution is 2.44. The number of aromatic nitrogens is 2. The molecule has 1 aromatic heterocycles. The molecule has 156 valence electrons. The number of fused-ring (bicyclic) bond motifs is 1. The summed E-state index contributed by atoms with van der Waals surface area (Å²) in [5.41, 5.74) is 4.31. The Morgan fingerprint density at radius 2 is 1.68 bits per heavy atom. The molecule has 8 nitrogen and oxygen atoms in total. The van der Waals surface area contributed by atoms with Gasteiger partial charge in [0.05, 0.1) is 26.6 Å². The summed E-state index contributed by atoms with van der Waals surface area (Å²) >= 11 is 0. The van der Waals surface area contributed by atoms with Crippen molar-refractivity contribution in [1.82, 2.24) is 10.2 Å². The molecule has 4 rings (SSSR count). The number of hydrogen-bond acceptors (Lipinski definition) is 8. The van der Waals surface area contributed by atoms with E-state index in [9.17, 15) is 10.2 Å². The van der Waals surface area contributed by atoms with E-state index in [1.165, 1.54) is 14.2 Å². The van der Waals surface area contributed by atoms with Crippen LogP contribution in [0.3, 0.4) is 0 Å². The van der Waals surface area contributed by atoms with E-state index in [0.29, 0.717) is 28.3 Å². The number of hydrazone groups is 1. The Hall–Kier alpha value is -4.33. The third-order valence-electron chi connectivity index (χ3n) is 4.78. The number of anilines is 1.